The molecule has 1 saturated heterocycles. The minimum absolute atomic E-state index is 0.0697. The van der Waals surface area contributed by atoms with Crippen molar-refractivity contribution >= 4 is 10.8 Å². The van der Waals surface area contributed by atoms with Crippen LogP contribution in [0.25, 0.3) is 10.8 Å². The van der Waals surface area contributed by atoms with E-state index in [2.05, 4.69) is 10.3 Å². The van der Waals surface area contributed by atoms with E-state index in [1.807, 2.05) is 24.3 Å². The number of benzene rings is 1. The minimum atomic E-state index is -0.0697. The Bertz CT molecular complexity index is 600. The zero-order valence-corrected chi connectivity index (χ0v) is 10.1. The Balaban J connectivity index is 1.96. The van der Waals surface area contributed by atoms with Gasteiger partial charge in [0.25, 0.3) is 5.56 Å². The molecule has 0 amide bonds. The van der Waals surface area contributed by atoms with Crippen LogP contribution in [0.2, 0.25) is 0 Å². The van der Waals surface area contributed by atoms with Gasteiger partial charge in [0.1, 0.15) is 11.9 Å². The predicted octanol–water partition coefficient (Wildman–Crippen LogP) is 1.66. The van der Waals surface area contributed by atoms with Crippen LogP contribution in [0.5, 0.6) is 5.75 Å². The van der Waals surface area contributed by atoms with Gasteiger partial charge in [0.2, 0.25) is 0 Å². The van der Waals surface area contributed by atoms with E-state index in [1.165, 1.54) is 0 Å². The molecule has 0 radical (unpaired) electrons. The highest BCUT2D eigenvalue weighted by molar-refractivity contribution is 5.87. The highest BCUT2D eigenvalue weighted by Crippen LogP contribution is 2.24. The molecule has 0 saturated carbocycles. The highest BCUT2D eigenvalue weighted by atomic mass is 16.5. The molecule has 1 aromatic carbocycles. The van der Waals surface area contributed by atoms with E-state index in [-0.39, 0.29) is 11.7 Å². The summed E-state index contributed by atoms with van der Waals surface area (Å²) in [5, 5.41) is 4.88. The lowest BCUT2D eigenvalue weighted by Gasteiger charge is -2.24. The number of aromatic nitrogens is 1. The van der Waals surface area contributed by atoms with E-state index >= 15 is 0 Å². The summed E-state index contributed by atoms with van der Waals surface area (Å²) >= 11 is 0. The minimum Gasteiger partial charge on any atom is -0.488 e. The lowest BCUT2D eigenvalue weighted by atomic mass is 10.1. The topological polar surface area (TPSA) is 54.1 Å². The number of pyridine rings is 1. The SMILES string of the molecule is O=c1[nH]ccc2c(O[C@H]3CCCNC3)cccc12. The van der Waals surface area contributed by atoms with Gasteiger partial charge in [-0.2, -0.15) is 0 Å². The van der Waals surface area contributed by atoms with Crippen molar-refractivity contribution in [1.82, 2.24) is 10.3 Å². The maximum absolute atomic E-state index is 11.7. The number of fused-ring (bicyclic) bond motifs is 1. The van der Waals surface area contributed by atoms with Gasteiger partial charge in [-0.05, 0) is 37.6 Å². The van der Waals surface area contributed by atoms with Crippen molar-refractivity contribution in [1.29, 1.82) is 0 Å². The molecule has 1 aromatic heterocycles. The third-order valence-corrected chi connectivity index (χ3v) is 3.32. The van der Waals surface area contributed by atoms with Gasteiger partial charge in [0.15, 0.2) is 0 Å². The Morgan fingerprint density at radius 2 is 2.17 bits per heavy atom. The Labute approximate surface area is 105 Å². The average molecular weight is 244 g/mol. The van der Waals surface area contributed by atoms with Gasteiger partial charge in [0, 0.05) is 18.1 Å². The van der Waals surface area contributed by atoms with Gasteiger partial charge >= 0.3 is 0 Å². The summed E-state index contributed by atoms with van der Waals surface area (Å²) in [7, 11) is 0. The molecule has 1 aliphatic heterocycles. The molecule has 0 bridgehead atoms. The fourth-order valence-corrected chi connectivity index (χ4v) is 2.40. The summed E-state index contributed by atoms with van der Waals surface area (Å²) in [6.45, 7) is 1.94. The van der Waals surface area contributed by atoms with Crippen LogP contribution in [0, 0.1) is 0 Å². The maximum atomic E-state index is 11.7. The van der Waals surface area contributed by atoms with Gasteiger partial charge in [-0.15, -0.1) is 0 Å². The van der Waals surface area contributed by atoms with Crippen LogP contribution in [0.4, 0.5) is 0 Å². The van der Waals surface area contributed by atoms with E-state index in [0.29, 0.717) is 5.39 Å². The van der Waals surface area contributed by atoms with Crippen molar-refractivity contribution < 1.29 is 4.74 Å². The van der Waals surface area contributed by atoms with Crippen LogP contribution in [0.3, 0.4) is 0 Å². The number of nitrogens with one attached hydrogen (secondary N) is 2. The molecule has 1 fully saturated rings. The van der Waals surface area contributed by atoms with E-state index in [1.54, 1.807) is 6.20 Å². The smallest absolute Gasteiger partial charge is 0.255 e. The number of piperidine rings is 1. The fourth-order valence-electron chi connectivity index (χ4n) is 2.40. The molecule has 4 heteroatoms. The molecule has 2 aromatic rings. The van der Waals surface area contributed by atoms with Crippen molar-refractivity contribution in [3.05, 3.63) is 40.8 Å². The summed E-state index contributed by atoms with van der Waals surface area (Å²) in [5.41, 5.74) is -0.0697. The van der Waals surface area contributed by atoms with Crippen LogP contribution in [0.1, 0.15) is 12.8 Å². The van der Waals surface area contributed by atoms with Gasteiger partial charge in [0.05, 0.1) is 5.39 Å². The van der Waals surface area contributed by atoms with Crippen LogP contribution in [-0.4, -0.2) is 24.2 Å². The fraction of sp³-hybridized carbons (Fsp3) is 0.357. The lowest BCUT2D eigenvalue weighted by molar-refractivity contribution is 0.169. The Kier molecular flexibility index (Phi) is 3.02. The van der Waals surface area contributed by atoms with Crippen LogP contribution >= 0.6 is 0 Å². The number of rotatable bonds is 2. The monoisotopic (exact) mass is 244 g/mol. The first-order chi connectivity index (χ1) is 8.84. The van der Waals surface area contributed by atoms with Crippen LogP contribution in [-0.2, 0) is 0 Å². The number of H-pyrrole nitrogens is 1. The van der Waals surface area contributed by atoms with Crippen molar-refractivity contribution in [3.63, 3.8) is 0 Å². The van der Waals surface area contributed by atoms with Crippen LogP contribution in [0.15, 0.2) is 35.3 Å². The molecule has 0 unspecified atom stereocenters. The second kappa shape index (κ2) is 4.82. The molecule has 94 valence electrons. The third-order valence-electron chi connectivity index (χ3n) is 3.32. The molecule has 1 aliphatic rings. The Hall–Kier alpha value is -1.81. The summed E-state index contributed by atoms with van der Waals surface area (Å²) in [6, 6.07) is 7.50. The molecule has 2 heterocycles. The van der Waals surface area contributed by atoms with Crippen molar-refractivity contribution in [2.24, 2.45) is 0 Å². The first kappa shape index (κ1) is 11.3. The van der Waals surface area contributed by atoms with E-state index in [4.69, 9.17) is 4.74 Å². The highest BCUT2D eigenvalue weighted by Gasteiger charge is 2.15. The van der Waals surface area contributed by atoms with Gasteiger partial charge in [-0.25, -0.2) is 0 Å². The molecular weight excluding hydrogens is 228 g/mol. The van der Waals surface area contributed by atoms with E-state index < -0.39 is 0 Å². The van der Waals surface area contributed by atoms with Gasteiger partial charge < -0.3 is 15.0 Å². The summed E-state index contributed by atoms with van der Waals surface area (Å²) < 4.78 is 6.01. The quantitative estimate of drug-likeness (QED) is 0.844. The van der Waals surface area contributed by atoms with E-state index in [9.17, 15) is 4.79 Å². The average Bonchev–Trinajstić information content (AvgIpc) is 2.41. The Morgan fingerprint density at radius 1 is 1.22 bits per heavy atom. The third kappa shape index (κ3) is 2.11. The largest absolute Gasteiger partial charge is 0.488 e. The number of ether oxygens (including phenoxy) is 1. The zero-order chi connectivity index (χ0) is 12.4. The first-order valence-corrected chi connectivity index (χ1v) is 6.32. The zero-order valence-electron chi connectivity index (χ0n) is 10.1. The van der Waals surface area contributed by atoms with Crippen molar-refractivity contribution in [2.75, 3.05) is 13.1 Å². The molecule has 4 nitrogen and oxygen atoms in total. The number of hydrogen-bond donors (Lipinski definition) is 2. The van der Waals surface area contributed by atoms with Crippen LogP contribution < -0.4 is 15.6 Å². The second-order valence-electron chi connectivity index (χ2n) is 4.61. The summed E-state index contributed by atoms with van der Waals surface area (Å²) in [6.07, 6.45) is 4.06. The number of aromatic amines is 1. The Morgan fingerprint density at radius 3 is 3.00 bits per heavy atom. The molecule has 3 rings (SSSR count). The van der Waals surface area contributed by atoms with Crippen molar-refractivity contribution in [2.45, 2.75) is 18.9 Å². The molecule has 2 N–H and O–H groups in total. The van der Waals surface area contributed by atoms with Gasteiger partial charge in [-0.3, -0.25) is 4.79 Å². The molecule has 0 aliphatic carbocycles. The maximum Gasteiger partial charge on any atom is 0.255 e. The molecule has 0 spiro atoms. The predicted molar refractivity (Wildman–Crippen MR) is 71.1 cm³/mol. The normalized spacial score (nSPS) is 19.9. The van der Waals surface area contributed by atoms with Gasteiger partial charge in [-0.1, -0.05) is 6.07 Å². The molecule has 1 atom stereocenters. The summed E-state index contributed by atoms with van der Waals surface area (Å²) in [5.74, 6) is 0.798. The van der Waals surface area contributed by atoms with E-state index in [0.717, 1.165) is 37.1 Å². The summed E-state index contributed by atoms with van der Waals surface area (Å²) in [4.78, 5) is 14.4. The standard InChI is InChI=1S/C14H16N2O2/c17-14-12-4-1-5-13(11(12)6-8-16-14)18-10-3-2-7-15-9-10/h1,4-6,8,10,15H,2-3,7,9H2,(H,16,17)/t10-/m0/s1. The second-order valence-corrected chi connectivity index (χ2v) is 4.61. The number of hydrogen-bond acceptors (Lipinski definition) is 3. The van der Waals surface area contributed by atoms with Crippen molar-refractivity contribution in [3.8, 4) is 5.75 Å². The molecule has 18 heavy (non-hydrogen) atoms. The first-order valence-electron chi connectivity index (χ1n) is 6.32. The molecular formula is C14H16N2O2. The lowest BCUT2D eigenvalue weighted by Crippen LogP contribution is -2.37.